The summed E-state index contributed by atoms with van der Waals surface area (Å²) < 4.78 is 29.1. The third-order valence-electron chi connectivity index (χ3n) is 4.61. The molecule has 1 heterocycles. The number of benzene rings is 2. The molecular formula is C21H23N3O4S. The fourth-order valence-electron chi connectivity index (χ4n) is 3.03. The number of aromatic nitrogens is 1. The SMILES string of the molecule is CCn1ccc2cc(NC(=O)CCNS(=O)(=O)c3ccc(C(C)=O)cc3)ccc21. The lowest BCUT2D eigenvalue weighted by Crippen LogP contribution is -2.27. The highest BCUT2D eigenvalue weighted by Crippen LogP contribution is 2.20. The van der Waals surface area contributed by atoms with E-state index in [1.165, 1.54) is 31.2 Å². The number of amides is 1. The molecule has 0 bridgehead atoms. The lowest BCUT2D eigenvalue weighted by Gasteiger charge is -2.09. The summed E-state index contributed by atoms with van der Waals surface area (Å²) in [6.07, 6.45) is 1.99. The van der Waals surface area contributed by atoms with Crippen LogP contribution in [0.25, 0.3) is 10.9 Å². The molecule has 152 valence electrons. The summed E-state index contributed by atoms with van der Waals surface area (Å²) >= 11 is 0. The monoisotopic (exact) mass is 413 g/mol. The molecule has 8 heteroatoms. The van der Waals surface area contributed by atoms with Crippen LogP contribution >= 0.6 is 0 Å². The molecule has 1 amide bonds. The van der Waals surface area contributed by atoms with E-state index in [9.17, 15) is 18.0 Å². The van der Waals surface area contributed by atoms with Gasteiger partial charge in [-0.15, -0.1) is 0 Å². The zero-order valence-electron chi connectivity index (χ0n) is 16.3. The number of carbonyl (C=O) groups excluding carboxylic acids is 2. The van der Waals surface area contributed by atoms with Crippen molar-refractivity contribution in [2.45, 2.75) is 31.7 Å². The van der Waals surface area contributed by atoms with Crippen LogP contribution in [0.4, 0.5) is 5.69 Å². The quantitative estimate of drug-likeness (QED) is 0.554. The van der Waals surface area contributed by atoms with Crippen LogP contribution < -0.4 is 10.0 Å². The zero-order chi connectivity index (χ0) is 21.0. The molecule has 0 atom stereocenters. The Kier molecular flexibility index (Phi) is 6.14. The molecule has 0 saturated heterocycles. The Morgan fingerprint density at radius 3 is 2.41 bits per heavy atom. The Hall–Kier alpha value is -2.97. The fourth-order valence-corrected chi connectivity index (χ4v) is 4.06. The van der Waals surface area contributed by atoms with Crippen LogP contribution in [0, 0.1) is 0 Å². The van der Waals surface area contributed by atoms with Crippen LogP contribution in [0.5, 0.6) is 0 Å². The number of hydrogen-bond acceptors (Lipinski definition) is 4. The summed E-state index contributed by atoms with van der Waals surface area (Å²) in [4.78, 5) is 23.5. The maximum Gasteiger partial charge on any atom is 0.240 e. The number of nitrogens with zero attached hydrogens (tertiary/aromatic N) is 1. The van der Waals surface area contributed by atoms with Gasteiger partial charge in [0.2, 0.25) is 15.9 Å². The minimum atomic E-state index is -3.74. The van der Waals surface area contributed by atoms with E-state index in [1.54, 1.807) is 0 Å². The Balaban J connectivity index is 1.55. The van der Waals surface area contributed by atoms with Gasteiger partial charge in [-0.1, -0.05) is 12.1 Å². The largest absolute Gasteiger partial charge is 0.348 e. The minimum Gasteiger partial charge on any atom is -0.348 e. The predicted molar refractivity (Wildman–Crippen MR) is 112 cm³/mol. The summed E-state index contributed by atoms with van der Waals surface area (Å²) in [6, 6.07) is 13.3. The molecule has 2 N–H and O–H groups in total. The molecule has 0 aliphatic heterocycles. The lowest BCUT2D eigenvalue weighted by molar-refractivity contribution is -0.116. The van der Waals surface area contributed by atoms with Crippen LogP contribution in [0.2, 0.25) is 0 Å². The van der Waals surface area contributed by atoms with Crippen molar-refractivity contribution in [2.75, 3.05) is 11.9 Å². The van der Waals surface area contributed by atoms with Crippen molar-refractivity contribution in [3.63, 3.8) is 0 Å². The van der Waals surface area contributed by atoms with E-state index in [0.29, 0.717) is 11.3 Å². The van der Waals surface area contributed by atoms with Gasteiger partial charge in [-0.2, -0.15) is 0 Å². The maximum absolute atomic E-state index is 12.3. The fraction of sp³-hybridized carbons (Fsp3) is 0.238. The van der Waals surface area contributed by atoms with E-state index in [2.05, 4.69) is 21.5 Å². The van der Waals surface area contributed by atoms with Crippen LogP contribution in [-0.4, -0.2) is 31.2 Å². The molecule has 0 aliphatic carbocycles. The average molecular weight is 413 g/mol. The van der Waals surface area contributed by atoms with Crippen molar-refractivity contribution in [1.29, 1.82) is 0 Å². The minimum absolute atomic E-state index is 0.00122. The third-order valence-corrected chi connectivity index (χ3v) is 6.09. The Labute approximate surface area is 169 Å². The number of sulfonamides is 1. The predicted octanol–water partition coefficient (Wildman–Crippen LogP) is 3.17. The van der Waals surface area contributed by atoms with Crippen molar-refractivity contribution in [1.82, 2.24) is 9.29 Å². The highest BCUT2D eigenvalue weighted by Gasteiger charge is 2.15. The van der Waals surface area contributed by atoms with Crippen LogP contribution in [0.3, 0.4) is 0 Å². The van der Waals surface area contributed by atoms with Crippen LogP contribution in [0.1, 0.15) is 30.6 Å². The lowest BCUT2D eigenvalue weighted by atomic mass is 10.2. The summed E-state index contributed by atoms with van der Waals surface area (Å²) in [6.45, 7) is 4.31. The second-order valence-corrected chi connectivity index (χ2v) is 8.42. The number of ketones is 1. The van der Waals surface area contributed by atoms with Gasteiger partial charge in [0.15, 0.2) is 5.78 Å². The van der Waals surface area contributed by atoms with E-state index in [1.807, 2.05) is 30.5 Å². The van der Waals surface area contributed by atoms with Gasteiger partial charge in [-0.05, 0) is 50.2 Å². The number of Topliss-reactive ketones (excluding diaryl/α,β-unsaturated/α-hetero) is 1. The number of nitrogens with one attached hydrogen (secondary N) is 2. The van der Waals surface area contributed by atoms with E-state index >= 15 is 0 Å². The van der Waals surface area contributed by atoms with Crippen molar-refractivity contribution in [3.8, 4) is 0 Å². The summed E-state index contributed by atoms with van der Waals surface area (Å²) in [7, 11) is -3.74. The average Bonchev–Trinajstić information content (AvgIpc) is 3.10. The van der Waals surface area contributed by atoms with Gasteiger partial charge in [0.25, 0.3) is 0 Å². The molecular weight excluding hydrogens is 390 g/mol. The third kappa shape index (κ3) is 4.90. The molecule has 7 nitrogen and oxygen atoms in total. The first-order valence-electron chi connectivity index (χ1n) is 9.29. The number of rotatable bonds is 8. The standard InChI is InChI=1S/C21H23N3O4S/c1-3-24-13-11-17-14-18(6-9-20(17)24)23-21(26)10-12-22-29(27,28)19-7-4-16(5-8-19)15(2)25/h4-9,11,13-14,22H,3,10,12H2,1-2H3,(H,23,26). The molecule has 29 heavy (non-hydrogen) atoms. The smallest absolute Gasteiger partial charge is 0.240 e. The van der Waals surface area contributed by atoms with Crippen molar-refractivity contribution < 1.29 is 18.0 Å². The van der Waals surface area contributed by atoms with Crippen molar-refractivity contribution in [3.05, 3.63) is 60.3 Å². The number of anilines is 1. The second-order valence-electron chi connectivity index (χ2n) is 6.65. The van der Waals surface area contributed by atoms with Gasteiger partial charge >= 0.3 is 0 Å². The van der Waals surface area contributed by atoms with E-state index in [4.69, 9.17) is 0 Å². The summed E-state index contributed by atoms with van der Waals surface area (Å²) in [5, 5.41) is 3.81. The highest BCUT2D eigenvalue weighted by atomic mass is 32.2. The van der Waals surface area contributed by atoms with Crippen molar-refractivity contribution >= 4 is 38.3 Å². The Morgan fingerprint density at radius 1 is 1.03 bits per heavy atom. The van der Waals surface area contributed by atoms with E-state index in [0.717, 1.165) is 17.4 Å². The molecule has 0 radical (unpaired) electrons. The van der Waals surface area contributed by atoms with Crippen LogP contribution in [0.15, 0.2) is 59.6 Å². The van der Waals surface area contributed by atoms with Crippen molar-refractivity contribution in [2.24, 2.45) is 0 Å². The molecule has 0 fully saturated rings. The first-order valence-corrected chi connectivity index (χ1v) is 10.8. The molecule has 0 unspecified atom stereocenters. The molecule has 0 saturated carbocycles. The number of hydrogen-bond donors (Lipinski definition) is 2. The van der Waals surface area contributed by atoms with Gasteiger partial charge in [-0.25, -0.2) is 13.1 Å². The van der Waals surface area contributed by atoms with Gasteiger partial charge in [0.1, 0.15) is 0 Å². The molecule has 0 aliphatic rings. The Bertz CT molecular complexity index is 1150. The maximum atomic E-state index is 12.3. The first-order chi connectivity index (χ1) is 13.8. The number of carbonyl (C=O) groups is 2. The molecule has 1 aromatic heterocycles. The molecule has 2 aromatic carbocycles. The molecule has 3 aromatic rings. The van der Waals surface area contributed by atoms with E-state index in [-0.39, 0.29) is 29.6 Å². The zero-order valence-corrected chi connectivity index (χ0v) is 17.1. The number of aryl methyl sites for hydroxylation is 1. The molecule has 0 spiro atoms. The summed E-state index contributed by atoms with van der Waals surface area (Å²) in [5.74, 6) is -0.420. The topological polar surface area (TPSA) is 97.3 Å². The van der Waals surface area contributed by atoms with Gasteiger partial charge in [0.05, 0.1) is 4.90 Å². The highest BCUT2D eigenvalue weighted by molar-refractivity contribution is 7.89. The van der Waals surface area contributed by atoms with Gasteiger partial charge < -0.3 is 9.88 Å². The summed E-state index contributed by atoms with van der Waals surface area (Å²) in [5.41, 5.74) is 2.20. The van der Waals surface area contributed by atoms with Gasteiger partial charge in [-0.3, -0.25) is 9.59 Å². The number of fused-ring (bicyclic) bond motifs is 1. The molecule has 3 rings (SSSR count). The normalized spacial score (nSPS) is 11.5. The Morgan fingerprint density at radius 2 is 1.76 bits per heavy atom. The second kappa shape index (κ2) is 8.59. The first kappa shape index (κ1) is 20.8. The van der Waals surface area contributed by atoms with E-state index < -0.39 is 10.0 Å². The van der Waals surface area contributed by atoms with Crippen LogP contribution in [-0.2, 0) is 21.4 Å². The van der Waals surface area contributed by atoms with Gasteiger partial charge in [0, 0.05) is 47.9 Å².